The van der Waals surface area contributed by atoms with Gasteiger partial charge in [0.15, 0.2) is 5.96 Å². The van der Waals surface area contributed by atoms with Gasteiger partial charge in [0.1, 0.15) is 0 Å². The molecule has 1 amide bonds. The molecule has 0 saturated heterocycles. The van der Waals surface area contributed by atoms with Crippen LogP contribution in [0.1, 0.15) is 49.5 Å². The highest BCUT2D eigenvalue weighted by atomic mass is 16.1. The maximum Gasteiger partial charge on any atom is 0.251 e. The van der Waals surface area contributed by atoms with E-state index in [1.54, 1.807) is 14.1 Å². The van der Waals surface area contributed by atoms with Crippen molar-refractivity contribution in [1.29, 1.82) is 0 Å². The molecule has 3 N–H and O–H groups in total. The van der Waals surface area contributed by atoms with Crippen LogP contribution in [0.5, 0.6) is 0 Å². The minimum atomic E-state index is -0.0545. The molecule has 0 aromatic heterocycles. The second kappa shape index (κ2) is 9.96. The molecule has 1 aromatic carbocycles. The summed E-state index contributed by atoms with van der Waals surface area (Å²) in [6.07, 6.45) is 3.15. The zero-order valence-electron chi connectivity index (χ0n) is 15.7. The number of carbonyl (C=O) groups excluding carboxylic acids is 1. The first-order valence-corrected chi connectivity index (χ1v) is 8.61. The molecule has 0 aliphatic rings. The van der Waals surface area contributed by atoms with Gasteiger partial charge >= 0.3 is 0 Å². The first kappa shape index (κ1) is 20.0. The first-order chi connectivity index (χ1) is 11.4. The van der Waals surface area contributed by atoms with Crippen molar-refractivity contribution in [3.05, 3.63) is 35.4 Å². The number of rotatable bonds is 7. The molecular formula is C19H32N4O. The Morgan fingerprint density at radius 3 is 2.50 bits per heavy atom. The highest BCUT2D eigenvalue weighted by Crippen LogP contribution is 2.19. The number of carbonyl (C=O) groups is 1. The van der Waals surface area contributed by atoms with Gasteiger partial charge in [0, 0.05) is 32.7 Å². The summed E-state index contributed by atoms with van der Waals surface area (Å²) in [7, 11) is 3.43. The summed E-state index contributed by atoms with van der Waals surface area (Å²) >= 11 is 0. The van der Waals surface area contributed by atoms with Crippen molar-refractivity contribution in [2.75, 3.05) is 27.2 Å². The molecule has 0 radical (unpaired) electrons. The van der Waals surface area contributed by atoms with Gasteiger partial charge in [0.25, 0.3) is 5.91 Å². The number of nitrogens with zero attached hydrogens (tertiary/aromatic N) is 1. The van der Waals surface area contributed by atoms with Crippen molar-refractivity contribution >= 4 is 11.9 Å². The minimum absolute atomic E-state index is 0.0545. The summed E-state index contributed by atoms with van der Waals surface area (Å²) in [5, 5.41) is 9.31. The Labute approximate surface area is 146 Å². The predicted molar refractivity (Wildman–Crippen MR) is 102 cm³/mol. The Morgan fingerprint density at radius 2 is 1.88 bits per heavy atom. The summed E-state index contributed by atoms with van der Waals surface area (Å²) in [5.41, 5.74) is 2.19. The van der Waals surface area contributed by atoms with E-state index in [1.807, 2.05) is 24.3 Å². The fourth-order valence-corrected chi connectivity index (χ4v) is 2.38. The largest absolute Gasteiger partial charge is 0.356 e. The third-order valence-corrected chi connectivity index (χ3v) is 3.74. The van der Waals surface area contributed by atoms with Gasteiger partial charge in [0.2, 0.25) is 0 Å². The second-order valence-corrected chi connectivity index (χ2v) is 7.12. The molecule has 0 fully saturated rings. The lowest BCUT2D eigenvalue weighted by Crippen LogP contribution is -2.38. The van der Waals surface area contributed by atoms with Crippen LogP contribution in [0.2, 0.25) is 0 Å². The number of benzene rings is 1. The van der Waals surface area contributed by atoms with Gasteiger partial charge in [-0.3, -0.25) is 9.79 Å². The summed E-state index contributed by atoms with van der Waals surface area (Å²) in [5.74, 6) is 0.771. The molecule has 0 spiro atoms. The van der Waals surface area contributed by atoms with E-state index in [0.29, 0.717) is 11.0 Å². The summed E-state index contributed by atoms with van der Waals surface area (Å²) < 4.78 is 0. The van der Waals surface area contributed by atoms with Crippen LogP contribution in [0.4, 0.5) is 0 Å². The van der Waals surface area contributed by atoms with Crippen LogP contribution < -0.4 is 16.0 Å². The molecular weight excluding hydrogens is 300 g/mol. The molecule has 1 aromatic rings. The van der Waals surface area contributed by atoms with Gasteiger partial charge in [-0.2, -0.15) is 0 Å². The molecule has 0 atom stereocenters. The Morgan fingerprint density at radius 1 is 1.17 bits per heavy atom. The van der Waals surface area contributed by atoms with E-state index in [1.165, 1.54) is 6.42 Å². The van der Waals surface area contributed by atoms with E-state index in [9.17, 15) is 4.79 Å². The van der Waals surface area contributed by atoms with E-state index in [4.69, 9.17) is 0 Å². The van der Waals surface area contributed by atoms with Crippen LogP contribution in [-0.4, -0.2) is 39.1 Å². The summed E-state index contributed by atoms with van der Waals surface area (Å²) in [6, 6.07) is 7.71. The van der Waals surface area contributed by atoms with Crippen molar-refractivity contribution in [2.45, 2.75) is 40.0 Å². The van der Waals surface area contributed by atoms with Crippen LogP contribution in [-0.2, 0) is 6.42 Å². The molecule has 1 rings (SSSR count). The molecule has 5 nitrogen and oxygen atoms in total. The summed E-state index contributed by atoms with van der Waals surface area (Å²) in [6.45, 7) is 8.46. The third-order valence-electron chi connectivity index (χ3n) is 3.74. The molecule has 0 heterocycles. The third kappa shape index (κ3) is 7.99. The molecule has 24 heavy (non-hydrogen) atoms. The highest BCUT2D eigenvalue weighted by molar-refractivity contribution is 5.94. The lowest BCUT2D eigenvalue weighted by atomic mass is 9.91. The average Bonchev–Trinajstić information content (AvgIpc) is 2.55. The van der Waals surface area contributed by atoms with Gasteiger partial charge in [-0.05, 0) is 42.4 Å². The van der Waals surface area contributed by atoms with Crippen LogP contribution in [0.3, 0.4) is 0 Å². The molecule has 0 aliphatic carbocycles. The standard InChI is InChI=1S/C19H32N4O/c1-19(2,3)11-7-12-22-18(21-5)23-13-10-15-8-6-9-16(14-15)17(24)20-4/h6,8-9,14H,7,10-13H2,1-5H3,(H,20,24)(H2,21,22,23). The average molecular weight is 332 g/mol. The molecule has 0 aliphatic heterocycles. The smallest absolute Gasteiger partial charge is 0.251 e. The Kier molecular flexibility index (Phi) is 8.30. The zero-order chi connectivity index (χ0) is 18.0. The van der Waals surface area contributed by atoms with Crippen LogP contribution in [0.15, 0.2) is 29.3 Å². The monoisotopic (exact) mass is 332 g/mol. The lowest BCUT2D eigenvalue weighted by molar-refractivity contribution is 0.0963. The molecule has 134 valence electrons. The fraction of sp³-hybridized carbons (Fsp3) is 0.579. The van der Waals surface area contributed by atoms with Gasteiger partial charge < -0.3 is 16.0 Å². The van der Waals surface area contributed by atoms with Gasteiger partial charge in [0.05, 0.1) is 0 Å². The second-order valence-electron chi connectivity index (χ2n) is 7.12. The number of hydrogen-bond donors (Lipinski definition) is 3. The van der Waals surface area contributed by atoms with Gasteiger partial charge in [-0.15, -0.1) is 0 Å². The molecule has 5 heteroatoms. The van der Waals surface area contributed by atoms with E-state index >= 15 is 0 Å². The van der Waals surface area contributed by atoms with Crippen LogP contribution in [0.25, 0.3) is 0 Å². The van der Waals surface area contributed by atoms with E-state index < -0.39 is 0 Å². The number of aliphatic imine (C=N–C) groups is 1. The zero-order valence-corrected chi connectivity index (χ0v) is 15.7. The summed E-state index contributed by atoms with van der Waals surface area (Å²) in [4.78, 5) is 15.9. The van der Waals surface area contributed by atoms with Gasteiger partial charge in [-0.1, -0.05) is 32.9 Å². The topological polar surface area (TPSA) is 65.5 Å². The normalized spacial score (nSPS) is 12.0. The van der Waals surface area contributed by atoms with Crippen LogP contribution >= 0.6 is 0 Å². The Balaban J connectivity index is 2.36. The van der Waals surface area contributed by atoms with E-state index in [0.717, 1.165) is 37.5 Å². The predicted octanol–water partition coefficient (Wildman–Crippen LogP) is 2.58. The molecule has 0 saturated carbocycles. The molecule has 0 bridgehead atoms. The minimum Gasteiger partial charge on any atom is -0.356 e. The first-order valence-electron chi connectivity index (χ1n) is 8.61. The maximum absolute atomic E-state index is 11.7. The Hall–Kier alpha value is -2.04. The van der Waals surface area contributed by atoms with E-state index in [2.05, 4.69) is 41.7 Å². The lowest BCUT2D eigenvalue weighted by Gasteiger charge is -2.18. The van der Waals surface area contributed by atoms with Crippen molar-refractivity contribution in [3.8, 4) is 0 Å². The van der Waals surface area contributed by atoms with Gasteiger partial charge in [-0.25, -0.2) is 0 Å². The SMILES string of the molecule is CN=C(NCCCC(C)(C)C)NCCc1cccc(C(=O)NC)c1. The number of guanidine groups is 1. The van der Waals surface area contributed by atoms with Crippen molar-refractivity contribution in [1.82, 2.24) is 16.0 Å². The van der Waals surface area contributed by atoms with E-state index in [-0.39, 0.29) is 5.91 Å². The van der Waals surface area contributed by atoms with Crippen LogP contribution in [0, 0.1) is 5.41 Å². The number of nitrogens with one attached hydrogen (secondary N) is 3. The van der Waals surface area contributed by atoms with Crippen molar-refractivity contribution in [2.24, 2.45) is 10.4 Å². The van der Waals surface area contributed by atoms with Crippen molar-refractivity contribution in [3.63, 3.8) is 0 Å². The molecule has 0 unspecified atom stereocenters. The number of hydrogen-bond acceptors (Lipinski definition) is 2. The highest BCUT2D eigenvalue weighted by Gasteiger charge is 2.09. The maximum atomic E-state index is 11.7. The number of amides is 1. The quantitative estimate of drug-likeness (QED) is 0.408. The Bertz CT molecular complexity index is 547. The van der Waals surface area contributed by atoms with Crippen molar-refractivity contribution < 1.29 is 4.79 Å². The fourth-order valence-electron chi connectivity index (χ4n) is 2.38.